The van der Waals surface area contributed by atoms with Crippen molar-refractivity contribution in [3.05, 3.63) is 83.7 Å². The molecule has 2 heterocycles. The second kappa shape index (κ2) is 9.55. The molecule has 4 rings (SSSR count). The van der Waals surface area contributed by atoms with Crippen molar-refractivity contribution < 1.29 is 0 Å². The molecular weight excluding hydrogens is 370 g/mol. The number of piperazine rings is 1. The quantitative estimate of drug-likeness (QED) is 0.652. The third-order valence-corrected chi connectivity index (χ3v) is 5.32. The lowest BCUT2D eigenvalue weighted by molar-refractivity contribution is 0.283. The Kier molecular flexibility index (Phi) is 6.40. The summed E-state index contributed by atoms with van der Waals surface area (Å²) in [6, 6.07) is 20.9. The summed E-state index contributed by atoms with van der Waals surface area (Å²) in [6.07, 6.45) is 4.45. The van der Waals surface area contributed by atoms with E-state index in [4.69, 9.17) is 0 Å². The van der Waals surface area contributed by atoms with Gasteiger partial charge in [0.25, 0.3) is 0 Å². The molecule has 0 spiro atoms. The van der Waals surface area contributed by atoms with Crippen LogP contribution in [0, 0.1) is 13.8 Å². The van der Waals surface area contributed by atoms with Gasteiger partial charge in [-0.05, 0) is 31.5 Å². The van der Waals surface area contributed by atoms with E-state index in [0.717, 1.165) is 55.9 Å². The van der Waals surface area contributed by atoms with Crippen LogP contribution >= 0.6 is 0 Å². The Balaban J connectivity index is 1.34. The van der Waals surface area contributed by atoms with Gasteiger partial charge in [-0.2, -0.15) is 0 Å². The summed E-state index contributed by atoms with van der Waals surface area (Å²) in [5.41, 5.74) is 3.54. The van der Waals surface area contributed by atoms with Crippen LogP contribution in [0.2, 0.25) is 0 Å². The fourth-order valence-electron chi connectivity index (χ4n) is 3.62. The molecule has 3 aromatic rings. The predicted molar refractivity (Wildman–Crippen MR) is 125 cm³/mol. The minimum Gasteiger partial charge on any atom is -0.354 e. The smallest absolute Gasteiger partial charge is 0.136 e. The Labute approximate surface area is 179 Å². The van der Waals surface area contributed by atoms with E-state index in [9.17, 15) is 0 Å². The van der Waals surface area contributed by atoms with Crippen molar-refractivity contribution in [2.75, 3.05) is 42.9 Å². The molecule has 0 radical (unpaired) electrons. The normalized spacial score (nSPS) is 14.9. The van der Waals surface area contributed by atoms with Crippen LogP contribution in [-0.4, -0.2) is 47.6 Å². The zero-order valence-corrected chi connectivity index (χ0v) is 17.8. The summed E-state index contributed by atoms with van der Waals surface area (Å²) in [5.74, 6) is 2.63. The number of hydrogen-bond donors (Lipinski definition) is 1. The van der Waals surface area contributed by atoms with Gasteiger partial charge in [0.2, 0.25) is 0 Å². The van der Waals surface area contributed by atoms with E-state index in [0.29, 0.717) is 0 Å². The number of nitrogens with zero attached hydrogens (tertiary/aromatic N) is 4. The van der Waals surface area contributed by atoms with Crippen LogP contribution < -0.4 is 10.2 Å². The molecular formula is C25H29N5. The maximum atomic E-state index is 4.68. The number of nitrogens with one attached hydrogen (secondary N) is 1. The standard InChI is InChI=1S/C25H29N5/c1-20-10-12-23(13-11-20)28-24-19-25(27-21(2)26-24)30-17-15-29(16-18-30)14-6-9-22-7-4-3-5-8-22/h3-13,19H,14-18H2,1-2H3,(H,26,27,28)/b9-6+. The van der Waals surface area contributed by atoms with Crippen molar-refractivity contribution in [1.29, 1.82) is 0 Å². The molecule has 1 N–H and O–H groups in total. The van der Waals surface area contributed by atoms with Gasteiger partial charge in [-0.3, -0.25) is 4.90 Å². The van der Waals surface area contributed by atoms with Crippen LogP contribution in [-0.2, 0) is 0 Å². The maximum absolute atomic E-state index is 4.68. The fraction of sp³-hybridized carbons (Fsp3) is 0.280. The first-order chi connectivity index (χ1) is 14.7. The Hall–Kier alpha value is -3.18. The van der Waals surface area contributed by atoms with E-state index in [1.54, 1.807) is 0 Å². The van der Waals surface area contributed by atoms with Gasteiger partial charge >= 0.3 is 0 Å². The molecule has 30 heavy (non-hydrogen) atoms. The van der Waals surface area contributed by atoms with Crippen LogP contribution in [0.5, 0.6) is 0 Å². The lowest BCUT2D eigenvalue weighted by atomic mass is 10.2. The Bertz CT molecular complexity index is 974. The van der Waals surface area contributed by atoms with Crippen molar-refractivity contribution in [3.8, 4) is 0 Å². The zero-order chi connectivity index (χ0) is 20.8. The molecule has 154 valence electrons. The maximum Gasteiger partial charge on any atom is 0.136 e. The van der Waals surface area contributed by atoms with Crippen LogP contribution in [0.4, 0.5) is 17.3 Å². The molecule has 1 fully saturated rings. The van der Waals surface area contributed by atoms with E-state index in [1.807, 2.05) is 13.0 Å². The number of aryl methyl sites for hydroxylation is 2. The van der Waals surface area contributed by atoms with Crippen molar-refractivity contribution >= 4 is 23.4 Å². The van der Waals surface area contributed by atoms with Gasteiger partial charge in [-0.1, -0.05) is 60.2 Å². The van der Waals surface area contributed by atoms with Gasteiger partial charge in [0.15, 0.2) is 0 Å². The molecule has 1 aliphatic rings. The number of rotatable bonds is 6. The molecule has 0 bridgehead atoms. The first-order valence-corrected chi connectivity index (χ1v) is 10.5. The van der Waals surface area contributed by atoms with E-state index >= 15 is 0 Å². The third kappa shape index (κ3) is 5.45. The molecule has 0 aliphatic carbocycles. The Morgan fingerprint density at radius 3 is 2.37 bits per heavy atom. The summed E-state index contributed by atoms with van der Waals surface area (Å²) in [5, 5.41) is 3.41. The largest absolute Gasteiger partial charge is 0.354 e. The van der Waals surface area contributed by atoms with E-state index in [2.05, 4.69) is 98.8 Å². The molecule has 1 aromatic heterocycles. The highest BCUT2D eigenvalue weighted by Gasteiger charge is 2.18. The first kappa shape index (κ1) is 20.1. The van der Waals surface area contributed by atoms with Crippen molar-refractivity contribution in [2.24, 2.45) is 0 Å². The minimum atomic E-state index is 0.787. The van der Waals surface area contributed by atoms with Gasteiger partial charge in [-0.15, -0.1) is 0 Å². The topological polar surface area (TPSA) is 44.3 Å². The summed E-state index contributed by atoms with van der Waals surface area (Å²) >= 11 is 0. The van der Waals surface area contributed by atoms with Crippen molar-refractivity contribution in [1.82, 2.24) is 14.9 Å². The van der Waals surface area contributed by atoms with E-state index in [-0.39, 0.29) is 0 Å². The number of aromatic nitrogens is 2. The second-order valence-corrected chi connectivity index (χ2v) is 7.75. The van der Waals surface area contributed by atoms with Gasteiger partial charge in [-0.25, -0.2) is 9.97 Å². The summed E-state index contributed by atoms with van der Waals surface area (Å²) in [7, 11) is 0. The van der Waals surface area contributed by atoms with Gasteiger partial charge in [0.05, 0.1) is 0 Å². The van der Waals surface area contributed by atoms with Crippen LogP contribution in [0.1, 0.15) is 17.0 Å². The molecule has 2 aromatic carbocycles. The molecule has 0 amide bonds. The lowest BCUT2D eigenvalue weighted by Gasteiger charge is -2.35. The van der Waals surface area contributed by atoms with Crippen LogP contribution in [0.25, 0.3) is 6.08 Å². The van der Waals surface area contributed by atoms with Crippen LogP contribution in [0.3, 0.4) is 0 Å². The molecule has 0 saturated carbocycles. The average molecular weight is 400 g/mol. The molecule has 1 saturated heterocycles. The number of benzene rings is 2. The molecule has 1 aliphatic heterocycles. The second-order valence-electron chi connectivity index (χ2n) is 7.75. The molecule has 5 heteroatoms. The summed E-state index contributed by atoms with van der Waals surface area (Å²) in [4.78, 5) is 14.1. The highest BCUT2D eigenvalue weighted by molar-refractivity contribution is 5.60. The molecule has 0 atom stereocenters. The highest BCUT2D eigenvalue weighted by atomic mass is 15.3. The first-order valence-electron chi connectivity index (χ1n) is 10.5. The summed E-state index contributed by atoms with van der Waals surface area (Å²) < 4.78 is 0. The Morgan fingerprint density at radius 1 is 0.900 bits per heavy atom. The third-order valence-electron chi connectivity index (χ3n) is 5.32. The monoisotopic (exact) mass is 399 g/mol. The minimum absolute atomic E-state index is 0.787. The average Bonchev–Trinajstić information content (AvgIpc) is 2.76. The van der Waals surface area contributed by atoms with Gasteiger partial charge in [0, 0.05) is 44.5 Å². The van der Waals surface area contributed by atoms with E-state index in [1.165, 1.54) is 11.1 Å². The van der Waals surface area contributed by atoms with Crippen LogP contribution in [0.15, 0.2) is 66.7 Å². The number of hydrogen-bond acceptors (Lipinski definition) is 5. The van der Waals surface area contributed by atoms with Gasteiger partial charge in [0.1, 0.15) is 17.5 Å². The van der Waals surface area contributed by atoms with E-state index < -0.39 is 0 Å². The highest BCUT2D eigenvalue weighted by Crippen LogP contribution is 2.21. The van der Waals surface area contributed by atoms with Crippen molar-refractivity contribution in [3.63, 3.8) is 0 Å². The zero-order valence-electron chi connectivity index (χ0n) is 17.8. The van der Waals surface area contributed by atoms with Crippen molar-refractivity contribution in [2.45, 2.75) is 13.8 Å². The predicted octanol–water partition coefficient (Wildman–Crippen LogP) is 4.67. The SMILES string of the molecule is Cc1ccc(Nc2cc(N3CCN(C/C=C/c4ccccc4)CC3)nc(C)n2)cc1. The Morgan fingerprint density at radius 2 is 1.63 bits per heavy atom. The van der Waals surface area contributed by atoms with Gasteiger partial charge < -0.3 is 10.2 Å². The molecule has 0 unspecified atom stereocenters. The fourth-order valence-corrected chi connectivity index (χ4v) is 3.62. The summed E-state index contributed by atoms with van der Waals surface area (Å²) in [6.45, 7) is 9.03. The lowest BCUT2D eigenvalue weighted by Crippen LogP contribution is -2.46. The molecule has 5 nitrogen and oxygen atoms in total. The number of anilines is 3.